The van der Waals surface area contributed by atoms with Crippen molar-refractivity contribution in [2.75, 3.05) is 6.61 Å². The van der Waals surface area contributed by atoms with Gasteiger partial charge >= 0.3 is 5.97 Å². The molecule has 0 spiro atoms. The molecule has 0 amide bonds. The van der Waals surface area contributed by atoms with Crippen LogP contribution in [0.5, 0.6) is 0 Å². The number of rotatable bonds is 4. The predicted octanol–water partition coefficient (Wildman–Crippen LogP) is 1.03. The standard InChI is InChI=1S/C15H18N4O3/c1-18-14-12(7-17-18)15(21)19(10-16-14)8-13(20)22-9-11-5-3-2-4-6-11/h2-3,7,10-11H,4-6,8-9H2,1H3/t11-/m0/s1. The second kappa shape index (κ2) is 6.13. The molecular formula is C15H18N4O3. The van der Waals surface area contributed by atoms with E-state index in [-0.39, 0.29) is 12.1 Å². The number of ether oxygens (including phenoxy) is 1. The molecule has 0 fully saturated rings. The Balaban J connectivity index is 1.65. The van der Waals surface area contributed by atoms with E-state index in [1.807, 2.05) is 0 Å². The Morgan fingerprint density at radius 1 is 1.45 bits per heavy atom. The number of aryl methyl sites for hydroxylation is 1. The molecule has 0 unspecified atom stereocenters. The Bertz CT molecular complexity index is 775. The average Bonchev–Trinajstić information content (AvgIpc) is 2.91. The number of hydrogen-bond donors (Lipinski definition) is 0. The van der Waals surface area contributed by atoms with Gasteiger partial charge < -0.3 is 4.74 Å². The summed E-state index contributed by atoms with van der Waals surface area (Å²) in [5.74, 6) is -0.0358. The largest absolute Gasteiger partial charge is 0.464 e. The lowest BCUT2D eigenvalue weighted by atomic mass is 9.95. The van der Waals surface area contributed by atoms with Crippen LogP contribution in [-0.4, -0.2) is 31.9 Å². The van der Waals surface area contributed by atoms with Gasteiger partial charge in [-0.2, -0.15) is 5.10 Å². The molecule has 7 nitrogen and oxygen atoms in total. The molecule has 0 bridgehead atoms. The van der Waals surface area contributed by atoms with Gasteiger partial charge in [0.15, 0.2) is 5.65 Å². The molecule has 1 aliphatic carbocycles. The highest BCUT2D eigenvalue weighted by molar-refractivity contribution is 5.74. The molecule has 0 radical (unpaired) electrons. The monoisotopic (exact) mass is 302 g/mol. The smallest absolute Gasteiger partial charge is 0.326 e. The van der Waals surface area contributed by atoms with Gasteiger partial charge in [-0.05, 0) is 25.2 Å². The Morgan fingerprint density at radius 2 is 2.32 bits per heavy atom. The third kappa shape index (κ3) is 2.93. The maximum Gasteiger partial charge on any atom is 0.326 e. The van der Waals surface area contributed by atoms with Gasteiger partial charge in [-0.1, -0.05) is 12.2 Å². The minimum atomic E-state index is -0.415. The molecule has 0 aliphatic heterocycles. The summed E-state index contributed by atoms with van der Waals surface area (Å²) in [4.78, 5) is 28.3. The van der Waals surface area contributed by atoms with Crippen molar-refractivity contribution in [3.05, 3.63) is 35.0 Å². The van der Waals surface area contributed by atoms with Gasteiger partial charge in [-0.25, -0.2) is 4.98 Å². The first-order valence-corrected chi connectivity index (χ1v) is 7.33. The highest BCUT2D eigenvalue weighted by Gasteiger charge is 2.15. The van der Waals surface area contributed by atoms with Crippen LogP contribution in [0.25, 0.3) is 11.0 Å². The van der Waals surface area contributed by atoms with Crippen molar-refractivity contribution < 1.29 is 9.53 Å². The fourth-order valence-electron chi connectivity index (χ4n) is 2.58. The number of esters is 1. The quantitative estimate of drug-likeness (QED) is 0.622. The van der Waals surface area contributed by atoms with E-state index in [0.29, 0.717) is 23.6 Å². The van der Waals surface area contributed by atoms with Crippen LogP contribution in [0.2, 0.25) is 0 Å². The van der Waals surface area contributed by atoms with Crippen molar-refractivity contribution in [1.82, 2.24) is 19.3 Å². The van der Waals surface area contributed by atoms with E-state index in [1.54, 1.807) is 7.05 Å². The summed E-state index contributed by atoms with van der Waals surface area (Å²) in [5, 5.41) is 4.39. The van der Waals surface area contributed by atoms with E-state index >= 15 is 0 Å². The SMILES string of the molecule is Cn1ncc2c(=O)n(CC(=O)OC[C@H]3CC=CCC3)cnc21. The molecule has 3 rings (SSSR count). The van der Waals surface area contributed by atoms with Crippen molar-refractivity contribution >= 4 is 17.0 Å². The molecule has 0 saturated carbocycles. The summed E-state index contributed by atoms with van der Waals surface area (Å²) < 4.78 is 8.06. The molecule has 2 aromatic heterocycles. The molecular weight excluding hydrogens is 284 g/mol. The molecule has 0 N–H and O–H groups in total. The van der Waals surface area contributed by atoms with Gasteiger partial charge in [0.2, 0.25) is 0 Å². The summed E-state index contributed by atoms with van der Waals surface area (Å²) in [6.07, 6.45) is 10.1. The number of nitrogens with zero attached hydrogens (tertiary/aromatic N) is 4. The number of hydrogen-bond acceptors (Lipinski definition) is 5. The third-order valence-electron chi connectivity index (χ3n) is 3.88. The first-order chi connectivity index (χ1) is 10.6. The first kappa shape index (κ1) is 14.5. The van der Waals surface area contributed by atoms with Crippen LogP contribution in [-0.2, 0) is 23.1 Å². The van der Waals surface area contributed by atoms with Gasteiger partial charge in [0.25, 0.3) is 5.56 Å². The number of aromatic nitrogens is 4. The summed E-state index contributed by atoms with van der Waals surface area (Å²) in [6.45, 7) is 0.277. The Morgan fingerprint density at radius 3 is 3.09 bits per heavy atom. The maximum absolute atomic E-state index is 12.2. The molecule has 0 saturated heterocycles. The van der Waals surface area contributed by atoms with Gasteiger partial charge in [-0.15, -0.1) is 0 Å². The number of carbonyl (C=O) groups is 1. The van der Waals surface area contributed by atoms with Crippen LogP contribution < -0.4 is 5.56 Å². The minimum Gasteiger partial charge on any atom is -0.464 e. The van der Waals surface area contributed by atoms with Gasteiger partial charge in [0.1, 0.15) is 18.3 Å². The Labute approximate surface area is 127 Å². The first-order valence-electron chi connectivity index (χ1n) is 7.33. The van der Waals surface area contributed by atoms with E-state index in [2.05, 4.69) is 22.2 Å². The lowest BCUT2D eigenvalue weighted by Crippen LogP contribution is -2.26. The molecule has 7 heteroatoms. The predicted molar refractivity (Wildman–Crippen MR) is 80.2 cm³/mol. The van der Waals surface area contributed by atoms with Gasteiger partial charge in [-0.3, -0.25) is 18.8 Å². The van der Waals surface area contributed by atoms with Crippen molar-refractivity contribution in [1.29, 1.82) is 0 Å². The average molecular weight is 302 g/mol. The second-order valence-electron chi connectivity index (χ2n) is 5.52. The highest BCUT2D eigenvalue weighted by atomic mass is 16.5. The molecule has 116 valence electrons. The molecule has 1 atom stereocenters. The van der Waals surface area contributed by atoms with Crippen molar-refractivity contribution in [2.45, 2.75) is 25.8 Å². The van der Waals surface area contributed by atoms with Gasteiger partial charge in [0, 0.05) is 7.05 Å². The van der Waals surface area contributed by atoms with Crippen LogP contribution in [0.4, 0.5) is 0 Å². The minimum absolute atomic E-state index is 0.126. The zero-order valence-corrected chi connectivity index (χ0v) is 12.4. The van der Waals surface area contributed by atoms with E-state index in [1.165, 1.54) is 21.8 Å². The normalized spacial score (nSPS) is 17.8. The zero-order valence-electron chi connectivity index (χ0n) is 12.4. The number of allylic oxidation sites excluding steroid dienone is 2. The van der Waals surface area contributed by atoms with Crippen LogP contribution in [0.1, 0.15) is 19.3 Å². The summed E-state index contributed by atoms with van der Waals surface area (Å²) in [6, 6.07) is 0. The fourth-order valence-corrected chi connectivity index (χ4v) is 2.58. The van der Waals surface area contributed by atoms with Gasteiger partial charge in [0.05, 0.1) is 12.8 Å². The Hall–Kier alpha value is -2.44. The van der Waals surface area contributed by atoms with Crippen molar-refractivity contribution in [2.24, 2.45) is 13.0 Å². The van der Waals surface area contributed by atoms with Crippen LogP contribution >= 0.6 is 0 Å². The molecule has 0 aromatic carbocycles. The molecule has 2 heterocycles. The Kier molecular flexibility index (Phi) is 4.04. The molecule has 22 heavy (non-hydrogen) atoms. The lowest BCUT2D eigenvalue weighted by Gasteiger charge is -2.17. The number of fused-ring (bicyclic) bond motifs is 1. The fraction of sp³-hybridized carbons (Fsp3) is 0.467. The zero-order chi connectivity index (χ0) is 15.5. The van der Waals surface area contributed by atoms with Crippen LogP contribution in [0.3, 0.4) is 0 Å². The summed E-state index contributed by atoms with van der Waals surface area (Å²) in [7, 11) is 1.71. The molecule has 2 aromatic rings. The van der Waals surface area contributed by atoms with E-state index in [0.717, 1.165) is 19.3 Å². The third-order valence-corrected chi connectivity index (χ3v) is 3.88. The number of carbonyl (C=O) groups excluding carboxylic acids is 1. The van der Waals surface area contributed by atoms with E-state index in [9.17, 15) is 9.59 Å². The van der Waals surface area contributed by atoms with Crippen LogP contribution in [0.15, 0.2) is 29.5 Å². The summed E-state index contributed by atoms with van der Waals surface area (Å²) >= 11 is 0. The van der Waals surface area contributed by atoms with E-state index in [4.69, 9.17) is 4.74 Å². The maximum atomic E-state index is 12.2. The second-order valence-corrected chi connectivity index (χ2v) is 5.52. The van der Waals surface area contributed by atoms with Crippen molar-refractivity contribution in [3.8, 4) is 0 Å². The van der Waals surface area contributed by atoms with E-state index < -0.39 is 5.97 Å². The van der Waals surface area contributed by atoms with Crippen molar-refractivity contribution in [3.63, 3.8) is 0 Å². The van der Waals surface area contributed by atoms with Crippen LogP contribution in [0, 0.1) is 5.92 Å². The summed E-state index contributed by atoms with van der Waals surface area (Å²) in [5.41, 5.74) is 0.222. The topological polar surface area (TPSA) is 79.0 Å². The molecule has 1 aliphatic rings. The highest BCUT2D eigenvalue weighted by Crippen LogP contribution is 2.18. The lowest BCUT2D eigenvalue weighted by molar-refractivity contribution is -0.145.